The van der Waals surface area contributed by atoms with Crippen LogP contribution in [0, 0.1) is 0 Å². The molecule has 7 nitrogen and oxygen atoms in total. The van der Waals surface area contributed by atoms with Crippen molar-refractivity contribution >= 4 is 31.4 Å². The Balaban J connectivity index is 2.70. The van der Waals surface area contributed by atoms with Gasteiger partial charge in [0.15, 0.2) is 0 Å². The Labute approximate surface area is 142 Å². The number of hydrogen-bond acceptors (Lipinski definition) is 6. The summed E-state index contributed by atoms with van der Waals surface area (Å²) in [4.78, 5) is 2.16. The first-order chi connectivity index (χ1) is 10.3. The number of rotatable bonds is 3. The zero-order chi connectivity index (χ0) is 17.8. The predicted molar refractivity (Wildman–Crippen MR) is 90.4 cm³/mol. The Hall–Kier alpha value is -0.520. The van der Waals surface area contributed by atoms with E-state index in [1.54, 1.807) is 0 Å². The van der Waals surface area contributed by atoms with Crippen molar-refractivity contribution in [2.45, 2.75) is 47.7 Å². The van der Waals surface area contributed by atoms with Crippen molar-refractivity contribution in [3.8, 4) is 0 Å². The quantitative estimate of drug-likeness (QED) is 0.847. The van der Waals surface area contributed by atoms with Crippen LogP contribution >= 0.6 is 11.3 Å². The Morgan fingerprint density at radius 3 is 2.43 bits per heavy atom. The van der Waals surface area contributed by atoms with E-state index in [1.807, 2.05) is 27.7 Å². The van der Waals surface area contributed by atoms with Crippen LogP contribution in [0.25, 0.3) is 0 Å². The van der Waals surface area contributed by atoms with Crippen molar-refractivity contribution in [2.24, 2.45) is 5.14 Å². The number of hydrogen-bond donors (Lipinski definition) is 1. The normalized spacial score (nSPS) is 22.3. The monoisotopic (exact) mass is 381 g/mol. The fourth-order valence-corrected chi connectivity index (χ4v) is 6.98. The molecule has 1 aliphatic heterocycles. The number of primary sulfonamides is 1. The lowest BCUT2D eigenvalue weighted by atomic mass is 9.99. The number of fused-ring (bicyclic) bond motifs is 1. The first-order valence-corrected chi connectivity index (χ1v) is 11.0. The molecule has 0 saturated heterocycles. The Morgan fingerprint density at radius 2 is 2.00 bits per heavy atom. The largest absolute Gasteiger partial charge is 0.290 e. The van der Waals surface area contributed by atoms with Gasteiger partial charge in [-0.2, -0.15) is 4.31 Å². The average molecular weight is 382 g/mol. The second-order valence-corrected chi connectivity index (χ2v) is 11.7. The van der Waals surface area contributed by atoms with Gasteiger partial charge in [-0.1, -0.05) is 6.92 Å². The van der Waals surface area contributed by atoms with Gasteiger partial charge < -0.3 is 0 Å². The van der Waals surface area contributed by atoms with Crippen LogP contribution in [-0.4, -0.2) is 51.7 Å². The minimum absolute atomic E-state index is 0.0722. The summed E-state index contributed by atoms with van der Waals surface area (Å²) in [5.41, 5.74) is 0.330. The third-order valence-corrected chi connectivity index (χ3v) is 8.92. The molecule has 1 aliphatic rings. The van der Waals surface area contributed by atoms with Gasteiger partial charge >= 0.3 is 0 Å². The molecule has 23 heavy (non-hydrogen) atoms. The molecule has 0 bridgehead atoms. The third-order valence-electron chi connectivity index (χ3n) is 3.99. The lowest BCUT2D eigenvalue weighted by molar-refractivity contribution is 0.0749. The van der Waals surface area contributed by atoms with E-state index in [1.165, 1.54) is 17.4 Å². The van der Waals surface area contributed by atoms with E-state index in [2.05, 4.69) is 4.90 Å². The van der Waals surface area contributed by atoms with Crippen LogP contribution in [0.15, 0.2) is 14.5 Å². The highest BCUT2D eigenvalue weighted by molar-refractivity contribution is 7.94. The SMILES string of the molecule is CCN([C@H]1CN(C)S(=O)(=O)c2sc(S(N)(=O)=O)cc21)C(C)(C)C. The van der Waals surface area contributed by atoms with E-state index < -0.39 is 20.0 Å². The van der Waals surface area contributed by atoms with Crippen LogP contribution < -0.4 is 5.14 Å². The molecule has 10 heteroatoms. The maximum Gasteiger partial charge on any atom is 0.252 e. The number of thiophene rings is 1. The summed E-state index contributed by atoms with van der Waals surface area (Å²) in [6.07, 6.45) is 0. The Kier molecular flexibility index (Phi) is 4.73. The second-order valence-electron chi connectivity index (χ2n) is 6.61. The van der Waals surface area contributed by atoms with Crippen molar-refractivity contribution in [1.82, 2.24) is 9.21 Å². The van der Waals surface area contributed by atoms with Crippen molar-refractivity contribution in [1.29, 1.82) is 0 Å². The molecule has 0 amide bonds. The van der Waals surface area contributed by atoms with Crippen LogP contribution in [0.3, 0.4) is 0 Å². The van der Waals surface area contributed by atoms with Crippen LogP contribution in [-0.2, 0) is 20.0 Å². The molecule has 0 saturated carbocycles. The van der Waals surface area contributed by atoms with Gasteiger partial charge in [0.05, 0.1) is 6.04 Å². The highest BCUT2D eigenvalue weighted by atomic mass is 32.3. The Morgan fingerprint density at radius 1 is 1.43 bits per heavy atom. The van der Waals surface area contributed by atoms with Gasteiger partial charge in [-0.3, -0.25) is 4.90 Å². The number of sulfonamides is 2. The topological polar surface area (TPSA) is 101 Å². The fourth-order valence-electron chi connectivity index (χ4n) is 2.95. The summed E-state index contributed by atoms with van der Waals surface area (Å²) in [6.45, 7) is 9.13. The highest BCUT2D eigenvalue weighted by Gasteiger charge is 2.42. The number of nitrogens with zero attached hydrogens (tertiary/aromatic N) is 2. The van der Waals surface area contributed by atoms with Crippen LogP contribution in [0.1, 0.15) is 39.3 Å². The van der Waals surface area contributed by atoms with Gasteiger partial charge in [-0.25, -0.2) is 22.0 Å². The maximum atomic E-state index is 12.5. The molecule has 2 N–H and O–H groups in total. The summed E-state index contributed by atoms with van der Waals surface area (Å²) in [5.74, 6) is 0. The molecule has 0 spiro atoms. The van der Waals surface area contributed by atoms with Crippen LogP contribution in [0.2, 0.25) is 0 Å². The van der Waals surface area contributed by atoms with Crippen molar-refractivity contribution < 1.29 is 16.8 Å². The Bertz CT molecular complexity index is 806. The van der Waals surface area contributed by atoms with Crippen molar-refractivity contribution in [3.63, 3.8) is 0 Å². The van der Waals surface area contributed by atoms with Gasteiger partial charge in [0.1, 0.15) is 8.42 Å². The summed E-state index contributed by atoms with van der Waals surface area (Å²) in [7, 11) is -6.10. The molecular weight excluding hydrogens is 358 g/mol. The zero-order valence-electron chi connectivity index (χ0n) is 13.9. The summed E-state index contributed by atoms with van der Waals surface area (Å²) < 4.78 is 49.6. The summed E-state index contributed by atoms with van der Waals surface area (Å²) in [6, 6.07) is 1.20. The lowest BCUT2D eigenvalue weighted by Gasteiger charge is -2.44. The van der Waals surface area contributed by atoms with Gasteiger partial charge in [0, 0.05) is 24.7 Å². The molecule has 0 radical (unpaired) electrons. The molecule has 132 valence electrons. The van der Waals surface area contributed by atoms with Gasteiger partial charge in [-0.15, -0.1) is 11.3 Å². The fraction of sp³-hybridized carbons (Fsp3) is 0.692. The zero-order valence-corrected chi connectivity index (χ0v) is 16.3. The third kappa shape index (κ3) is 3.33. The van der Waals surface area contributed by atoms with Crippen LogP contribution in [0.4, 0.5) is 0 Å². The van der Waals surface area contributed by atoms with Crippen molar-refractivity contribution in [3.05, 3.63) is 11.6 Å². The smallest absolute Gasteiger partial charge is 0.252 e. The average Bonchev–Trinajstić information content (AvgIpc) is 2.80. The van der Waals surface area contributed by atoms with Gasteiger partial charge in [-0.05, 0) is 33.4 Å². The molecule has 1 aromatic rings. The second kappa shape index (κ2) is 5.78. The first-order valence-electron chi connectivity index (χ1n) is 7.19. The summed E-state index contributed by atoms with van der Waals surface area (Å²) >= 11 is 0.726. The highest BCUT2D eigenvalue weighted by Crippen LogP contribution is 2.43. The molecule has 0 aromatic carbocycles. The minimum atomic E-state index is -3.94. The first kappa shape index (κ1) is 18.8. The predicted octanol–water partition coefficient (Wildman–Crippen LogP) is 1.19. The number of nitrogens with two attached hydrogens (primary N) is 1. The van der Waals surface area contributed by atoms with E-state index in [4.69, 9.17) is 5.14 Å². The van der Waals surface area contributed by atoms with Gasteiger partial charge in [0.25, 0.3) is 10.0 Å². The molecule has 0 aliphatic carbocycles. The standard InChI is InChI=1S/C13H23N3O4S3/c1-6-16(13(2,3)4)10-8-15(5)23(19,20)12-9(10)7-11(21-12)22(14,17)18/h7,10H,6,8H2,1-5H3,(H2,14,17,18)/t10-/m0/s1. The van der Waals surface area contributed by atoms with E-state index in [-0.39, 0.29) is 26.5 Å². The summed E-state index contributed by atoms with van der Waals surface area (Å²) in [5, 5.41) is 5.19. The van der Waals surface area contributed by atoms with E-state index in [9.17, 15) is 16.8 Å². The van der Waals surface area contributed by atoms with E-state index in [0.717, 1.165) is 11.3 Å². The maximum absolute atomic E-state index is 12.5. The molecule has 0 unspecified atom stereocenters. The van der Waals surface area contributed by atoms with Crippen LogP contribution in [0.5, 0.6) is 0 Å². The van der Waals surface area contributed by atoms with Crippen molar-refractivity contribution in [2.75, 3.05) is 20.1 Å². The molecule has 1 aromatic heterocycles. The molecular formula is C13H23N3O4S3. The van der Waals surface area contributed by atoms with E-state index in [0.29, 0.717) is 12.1 Å². The molecule has 0 fully saturated rings. The van der Waals surface area contributed by atoms with E-state index >= 15 is 0 Å². The molecule has 2 heterocycles. The molecule has 1 atom stereocenters. The molecule has 2 rings (SSSR count). The lowest BCUT2D eigenvalue weighted by Crippen LogP contribution is -2.50. The number of likely N-dealkylation sites (N-methyl/N-ethyl adjacent to an activating group) is 2. The minimum Gasteiger partial charge on any atom is -0.290 e. The van der Waals surface area contributed by atoms with Gasteiger partial charge in [0.2, 0.25) is 10.0 Å².